The minimum Gasteiger partial charge on any atom is -0.366 e. The van der Waals surface area contributed by atoms with E-state index in [1.165, 1.54) is 12.1 Å². The van der Waals surface area contributed by atoms with Crippen molar-refractivity contribution in [1.82, 2.24) is 5.32 Å². The first-order chi connectivity index (χ1) is 7.74. The smallest absolute Gasteiger partial charge is 0.138 e. The molecule has 3 nitrogen and oxygen atoms in total. The topological polar surface area (TPSA) is 47.9 Å². The number of rotatable bonds is 2. The van der Waals surface area contributed by atoms with Crippen LogP contribution >= 0.6 is 0 Å². The van der Waals surface area contributed by atoms with Crippen LogP contribution in [0.1, 0.15) is 12.8 Å². The number of hydrogen-bond acceptors (Lipinski definition) is 3. The van der Waals surface area contributed by atoms with Crippen molar-refractivity contribution in [2.24, 2.45) is 0 Å². The van der Waals surface area contributed by atoms with Gasteiger partial charge in [0.05, 0.1) is 6.07 Å². The highest BCUT2D eigenvalue weighted by atomic mass is 19.1. The number of piperidine rings is 1. The number of nitrogens with one attached hydrogen (secondary N) is 2. The van der Waals surface area contributed by atoms with E-state index in [1.54, 1.807) is 12.1 Å². The number of hydrogen-bond donors (Lipinski definition) is 2. The minimum atomic E-state index is -0.605. The molecular weight excluding hydrogens is 205 g/mol. The van der Waals surface area contributed by atoms with Crippen LogP contribution in [-0.4, -0.2) is 18.6 Å². The molecule has 0 aliphatic carbocycles. The quantitative estimate of drug-likeness (QED) is 0.798. The molecule has 1 aliphatic rings. The fourth-order valence-electron chi connectivity index (χ4n) is 1.98. The summed E-state index contributed by atoms with van der Waals surface area (Å²) in [6.07, 6.45) is 1.74. The first-order valence-corrected chi connectivity index (χ1v) is 5.40. The molecule has 1 unspecified atom stereocenters. The Morgan fingerprint density at radius 1 is 1.50 bits per heavy atom. The van der Waals surface area contributed by atoms with Gasteiger partial charge in [0.1, 0.15) is 11.4 Å². The molecule has 0 saturated carbocycles. The van der Waals surface area contributed by atoms with Crippen molar-refractivity contribution in [2.75, 3.05) is 18.4 Å². The van der Waals surface area contributed by atoms with E-state index >= 15 is 0 Å². The van der Waals surface area contributed by atoms with Crippen LogP contribution in [-0.2, 0) is 0 Å². The van der Waals surface area contributed by atoms with Gasteiger partial charge in [0.2, 0.25) is 0 Å². The average Bonchev–Trinajstić information content (AvgIpc) is 2.30. The van der Waals surface area contributed by atoms with Crippen LogP contribution in [0, 0.1) is 17.1 Å². The zero-order chi connectivity index (χ0) is 11.4. The van der Waals surface area contributed by atoms with Gasteiger partial charge < -0.3 is 10.6 Å². The molecule has 1 saturated heterocycles. The summed E-state index contributed by atoms with van der Waals surface area (Å²) in [5, 5.41) is 15.5. The summed E-state index contributed by atoms with van der Waals surface area (Å²) in [6, 6.07) is 8.50. The molecule has 1 heterocycles. The summed E-state index contributed by atoms with van der Waals surface area (Å²) in [5.41, 5.74) is 0.0525. The van der Waals surface area contributed by atoms with Crippen LogP contribution in [0.25, 0.3) is 0 Å². The Hall–Kier alpha value is -1.60. The highest BCUT2D eigenvalue weighted by Gasteiger charge is 2.31. The number of nitriles is 1. The zero-order valence-corrected chi connectivity index (χ0v) is 8.96. The lowest BCUT2D eigenvalue weighted by Crippen LogP contribution is -2.50. The van der Waals surface area contributed by atoms with E-state index in [0.29, 0.717) is 12.2 Å². The SMILES string of the molecule is N#CC1(Nc2cccc(F)c2)CCCNC1. The van der Waals surface area contributed by atoms with Gasteiger partial charge in [0, 0.05) is 12.2 Å². The van der Waals surface area contributed by atoms with Gasteiger partial charge in [-0.25, -0.2) is 4.39 Å². The maximum atomic E-state index is 13.0. The van der Waals surface area contributed by atoms with Crippen LogP contribution in [0.2, 0.25) is 0 Å². The lowest BCUT2D eigenvalue weighted by Gasteiger charge is -2.33. The number of halogens is 1. The van der Waals surface area contributed by atoms with Gasteiger partial charge in [-0.05, 0) is 37.6 Å². The van der Waals surface area contributed by atoms with Crippen LogP contribution in [0.4, 0.5) is 10.1 Å². The summed E-state index contributed by atoms with van der Waals surface area (Å²) < 4.78 is 13.0. The summed E-state index contributed by atoms with van der Waals surface area (Å²) in [7, 11) is 0. The number of benzene rings is 1. The second kappa shape index (κ2) is 4.50. The van der Waals surface area contributed by atoms with E-state index in [1.807, 2.05) is 0 Å². The molecule has 0 aromatic heterocycles. The fourth-order valence-corrected chi connectivity index (χ4v) is 1.98. The molecule has 1 atom stereocenters. The summed E-state index contributed by atoms with van der Waals surface area (Å²) in [4.78, 5) is 0. The highest BCUT2D eigenvalue weighted by Crippen LogP contribution is 2.22. The second-order valence-electron chi connectivity index (χ2n) is 4.11. The van der Waals surface area contributed by atoms with Crippen molar-refractivity contribution in [3.05, 3.63) is 30.1 Å². The molecule has 2 N–H and O–H groups in total. The molecule has 84 valence electrons. The molecule has 2 rings (SSSR count). The third kappa shape index (κ3) is 2.31. The van der Waals surface area contributed by atoms with Crippen molar-refractivity contribution in [3.63, 3.8) is 0 Å². The lowest BCUT2D eigenvalue weighted by atomic mass is 9.91. The Balaban J connectivity index is 2.15. The predicted octanol–water partition coefficient (Wildman–Crippen LogP) is 1.88. The minimum absolute atomic E-state index is 0.290. The first kappa shape index (κ1) is 10.9. The first-order valence-electron chi connectivity index (χ1n) is 5.40. The highest BCUT2D eigenvalue weighted by molar-refractivity contribution is 5.48. The van der Waals surface area contributed by atoms with E-state index < -0.39 is 5.54 Å². The Morgan fingerprint density at radius 2 is 2.38 bits per heavy atom. The summed E-state index contributed by atoms with van der Waals surface area (Å²) >= 11 is 0. The maximum Gasteiger partial charge on any atom is 0.138 e. The Morgan fingerprint density at radius 3 is 3.00 bits per heavy atom. The molecule has 0 bridgehead atoms. The molecule has 1 fully saturated rings. The number of anilines is 1. The Bertz CT molecular complexity index is 405. The van der Waals surface area contributed by atoms with Crippen LogP contribution < -0.4 is 10.6 Å². The van der Waals surface area contributed by atoms with Gasteiger partial charge in [-0.1, -0.05) is 6.07 Å². The largest absolute Gasteiger partial charge is 0.366 e. The van der Waals surface area contributed by atoms with Gasteiger partial charge in [0.15, 0.2) is 0 Å². The third-order valence-electron chi connectivity index (χ3n) is 2.81. The molecule has 4 heteroatoms. The monoisotopic (exact) mass is 219 g/mol. The molecule has 1 aromatic carbocycles. The Kier molecular flexibility index (Phi) is 3.07. The van der Waals surface area contributed by atoms with Gasteiger partial charge >= 0.3 is 0 Å². The van der Waals surface area contributed by atoms with Crippen molar-refractivity contribution in [1.29, 1.82) is 5.26 Å². The maximum absolute atomic E-state index is 13.0. The van der Waals surface area contributed by atoms with Gasteiger partial charge in [0.25, 0.3) is 0 Å². The van der Waals surface area contributed by atoms with E-state index in [0.717, 1.165) is 19.4 Å². The molecule has 1 aliphatic heterocycles. The van der Waals surface area contributed by atoms with Gasteiger partial charge in [-0.3, -0.25) is 0 Å². The van der Waals surface area contributed by atoms with Crippen LogP contribution in [0.3, 0.4) is 0 Å². The van der Waals surface area contributed by atoms with Gasteiger partial charge in [-0.15, -0.1) is 0 Å². The summed E-state index contributed by atoms with van der Waals surface area (Å²) in [5.74, 6) is -0.290. The molecule has 0 spiro atoms. The van der Waals surface area contributed by atoms with Crippen LogP contribution in [0.15, 0.2) is 24.3 Å². The van der Waals surface area contributed by atoms with E-state index in [4.69, 9.17) is 0 Å². The number of nitrogens with zero attached hydrogens (tertiary/aromatic N) is 1. The van der Waals surface area contributed by atoms with Gasteiger partial charge in [-0.2, -0.15) is 5.26 Å². The Labute approximate surface area is 94.3 Å². The van der Waals surface area contributed by atoms with Crippen molar-refractivity contribution in [2.45, 2.75) is 18.4 Å². The van der Waals surface area contributed by atoms with E-state index in [2.05, 4.69) is 16.7 Å². The lowest BCUT2D eigenvalue weighted by molar-refractivity contribution is 0.411. The molecule has 16 heavy (non-hydrogen) atoms. The van der Waals surface area contributed by atoms with Crippen LogP contribution in [0.5, 0.6) is 0 Å². The fraction of sp³-hybridized carbons (Fsp3) is 0.417. The molecule has 0 amide bonds. The molecule has 1 aromatic rings. The second-order valence-corrected chi connectivity index (χ2v) is 4.11. The van der Waals surface area contributed by atoms with E-state index in [-0.39, 0.29) is 5.82 Å². The van der Waals surface area contributed by atoms with Crippen molar-refractivity contribution in [3.8, 4) is 6.07 Å². The zero-order valence-electron chi connectivity index (χ0n) is 8.96. The van der Waals surface area contributed by atoms with Crippen molar-refractivity contribution >= 4 is 5.69 Å². The normalized spacial score (nSPS) is 24.8. The van der Waals surface area contributed by atoms with E-state index in [9.17, 15) is 9.65 Å². The average molecular weight is 219 g/mol. The standard InChI is InChI=1S/C12H14FN3/c13-10-3-1-4-11(7-10)16-12(8-14)5-2-6-15-9-12/h1,3-4,7,15-16H,2,5-6,9H2. The molecular formula is C12H14FN3. The predicted molar refractivity (Wildman–Crippen MR) is 60.5 cm³/mol. The third-order valence-corrected chi connectivity index (χ3v) is 2.81. The van der Waals surface area contributed by atoms with Crippen molar-refractivity contribution < 1.29 is 4.39 Å². The summed E-state index contributed by atoms with van der Waals surface area (Å²) in [6.45, 7) is 1.54. The molecule has 0 radical (unpaired) electrons.